The second kappa shape index (κ2) is 8.51. The molecule has 1 saturated heterocycles. The average Bonchev–Trinajstić information content (AvgIpc) is 2.91. The van der Waals surface area contributed by atoms with Crippen LogP contribution in [-0.4, -0.2) is 68.6 Å². The highest BCUT2D eigenvalue weighted by molar-refractivity contribution is 6.06. The normalized spacial score (nSPS) is 18.4. The molecule has 2 aliphatic rings. The van der Waals surface area contributed by atoms with E-state index < -0.39 is 0 Å². The van der Waals surface area contributed by atoms with E-state index >= 15 is 0 Å². The van der Waals surface area contributed by atoms with E-state index in [0.717, 1.165) is 57.1 Å². The van der Waals surface area contributed by atoms with Crippen molar-refractivity contribution in [2.75, 3.05) is 62.7 Å². The summed E-state index contributed by atoms with van der Waals surface area (Å²) in [5.74, 6) is -0.463. The van der Waals surface area contributed by atoms with Crippen molar-refractivity contribution in [2.45, 2.75) is 13.5 Å². The van der Waals surface area contributed by atoms with Crippen molar-refractivity contribution in [3.05, 3.63) is 59.4 Å². The summed E-state index contributed by atoms with van der Waals surface area (Å²) in [6, 6.07) is 12.9. The highest BCUT2D eigenvalue weighted by Crippen LogP contribution is 2.28. The number of amides is 1. The first-order valence-corrected chi connectivity index (χ1v) is 10.4. The second-order valence-electron chi connectivity index (χ2n) is 7.91. The number of carbonyl (C=O) groups is 1. The number of benzene rings is 2. The summed E-state index contributed by atoms with van der Waals surface area (Å²) < 4.78 is 14.9. The first kappa shape index (κ1) is 19.9. The fraction of sp³-hybridized carbons (Fsp3) is 0.435. The Bertz CT molecular complexity index is 879. The number of anilines is 2. The van der Waals surface area contributed by atoms with E-state index in [9.17, 15) is 9.18 Å². The second-order valence-corrected chi connectivity index (χ2v) is 7.91. The summed E-state index contributed by atoms with van der Waals surface area (Å²) in [7, 11) is 2.05. The summed E-state index contributed by atoms with van der Waals surface area (Å²) in [4.78, 5) is 21.7. The van der Waals surface area contributed by atoms with Crippen LogP contribution in [0.15, 0.2) is 42.5 Å². The molecule has 0 bridgehead atoms. The molecule has 0 radical (unpaired) electrons. The third-order valence-corrected chi connectivity index (χ3v) is 6.03. The lowest BCUT2D eigenvalue weighted by Crippen LogP contribution is -2.46. The number of rotatable bonds is 3. The first-order valence-electron chi connectivity index (χ1n) is 10.4. The molecule has 1 amide bonds. The molecule has 0 aromatic heterocycles. The smallest absolute Gasteiger partial charge is 0.258 e. The van der Waals surface area contributed by atoms with Crippen molar-refractivity contribution < 1.29 is 9.18 Å². The van der Waals surface area contributed by atoms with Crippen LogP contribution in [0.25, 0.3) is 0 Å². The molecule has 0 unspecified atom stereocenters. The third-order valence-electron chi connectivity index (χ3n) is 6.03. The largest absolute Gasteiger partial charge is 0.367 e. The number of para-hydroxylation sites is 1. The highest BCUT2D eigenvalue weighted by atomic mass is 19.1. The van der Waals surface area contributed by atoms with Gasteiger partial charge in [-0.25, -0.2) is 4.39 Å². The SMILES string of the molecule is CCN1CCN(c2ccc(C(=O)N3CCN(C)Cc4ccccc43)cc2F)CC1. The number of nitrogens with zero attached hydrogens (tertiary/aromatic N) is 4. The minimum Gasteiger partial charge on any atom is -0.367 e. The van der Waals surface area contributed by atoms with Gasteiger partial charge in [0, 0.05) is 57.1 Å². The van der Waals surface area contributed by atoms with Gasteiger partial charge in [-0.1, -0.05) is 25.1 Å². The lowest BCUT2D eigenvalue weighted by Gasteiger charge is -2.35. The molecule has 5 nitrogen and oxygen atoms in total. The zero-order valence-corrected chi connectivity index (χ0v) is 17.3. The molecule has 4 rings (SSSR count). The van der Waals surface area contributed by atoms with Crippen LogP contribution in [0.4, 0.5) is 15.8 Å². The van der Waals surface area contributed by atoms with Crippen molar-refractivity contribution in [1.82, 2.24) is 9.80 Å². The predicted octanol–water partition coefficient (Wildman–Crippen LogP) is 3.06. The van der Waals surface area contributed by atoms with Crippen LogP contribution in [0, 0.1) is 5.82 Å². The fourth-order valence-electron chi connectivity index (χ4n) is 4.24. The molecule has 0 N–H and O–H groups in total. The van der Waals surface area contributed by atoms with E-state index in [1.807, 2.05) is 18.2 Å². The molecule has 0 atom stereocenters. The monoisotopic (exact) mass is 396 g/mol. The van der Waals surface area contributed by atoms with E-state index in [1.54, 1.807) is 17.0 Å². The van der Waals surface area contributed by atoms with Crippen molar-refractivity contribution in [3.8, 4) is 0 Å². The molecule has 0 aliphatic carbocycles. The molecule has 0 saturated carbocycles. The van der Waals surface area contributed by atoms with Crippen molar-refractivity contribution >= 4 is 17.3 Å². The third kappa shape index (κ3) is 4.14. The molecule has 2 heterocycles. The van der Waals surface area contributed by atoms with Crippen LogP contribution < -0.4 is 9.80 Å². The quantitative estimate of drug-likeness (QED) is 0.798. The Hall–Kier alpha value is -2.44. The van der Waals surface area contributed by atoms with Gasteiger partial charge in [-0.3, -0.25) is 4.79 Å². The molecular weight excluding hydrogens is 367 g/mol. The average molecular weight is 397 g/mol. The lowest BCUT2D eigenvalue weighted by molar-refractivity contribution is 0.0985. The number of piperazine rings is 1. The molecular formula is C23H29FN4O. The Kier molecular flexibility index (Phi) is 5.83. The zero-order valence-electron chi connectivity index (χ0n) is 17.3. The van der Waals surface area contributed by atoms with E-state index in [4.69, 9.17) is 0 Å². The minimum absolute atomic E-state index is 0.144. The van der Waals surface area contributed by atoms with Crippen molar-refractivity contribution in [3.63, 3.8) is 0 Å². The molecule has 0 spiro atoms. The predicted molar refractivity (Wildman–Crippen MR) is 115 cm³/mol. The maximum Gasteiger partial charge on any atom is 0.258 e. The summed E-state index contributed by atoms with van der Waals surface area (Å²) in [5, 5.41) is 0. The molecule has 2 aliphatic heterocycles. The Morgan fingerprint density at radius 1 is 0.966 bits per heavy atom. The van der Waals surface area contributed by atoms with E-state index in [-0.39, 0.29) is 11.7 Å². The van der Waals surface area contributed by atoms with Gasteiger partial charge in [0.1, 0.15) is 5.82 Å². The van der Waals surface area contributed by atoms with Crippen LogP contribution in [0.3, 0.4) is 0 Å². The lowest BCUT2D eigenvalue weighted by atomic mass is 10.1. The fourth-order valence-corrected chi connectivity index (χ4v) is 4.24. The number of halogens is 1. The molecule has 154 valence electrons. The van der Waals surface area contributed by atoms with E-state index in [0.29, 0.717) is 17.8 Å². The van der Waals surface area contributed by atoms with Crippen molar-refractivity contribution in [1.29, 1.82) is 0 Å². The standard InChI is InChI=1S/C23H29FN4O/c1-3-26-11-13-27(14-12-26)22-9-8-18(16-20(22)24)23(29)28-15-10-25(2)17-19-6-4-5-7-21(19)28/h4-9,16H,3,10-15,17H2,1-2H3. The first-order chi connectivity index (χ1) is 14.1. The molecule has 2 aromatic rings. The summed E-state index contributed by atoms with van der Waals surface area (Å²) in [5.41, 5.74) is 3.03. The Morgan fingerprint density at radius 2 is 1.72 bits per heavy atom. The summed E-state index contributed by atoms with van der Waals surface area (Å²) in [6.45, 7) is 8.84. The van der Waals surface area contributed by atoms with Crippen LogP contribution in [-0.2, 0) is 6.54 Å². The number of likely N-dealkylation sites (N-methyl/N-ethyl adjacent to an activating group) is 2. The Balaban J connectivity index is 1.56. The van der Waals surface area contributed by atoms with Gasteiger partial charge in [0.25, 0.3) is 5.91 Å². The van der Waals surface area contributed by atoms with Gasteiger partial charge in [-0.2, -0.15) is 0 Å². The Labute approximate surface area is 172 Å². The number of hydrogen-bond acceptors (Lipinski definition) is 4. The van der Waals surface area contributed by atoms with Crippen LogP contribution in [0.1, 0.15) is 22.8 Å². The van der Waals surface area contributed by atoms with Crippen LogP contribution in [0.2, 0.25) is 0 Å². The molecule has 2 aromatic carbocycles. The maximum absolute atomic E-state index is 14.9. The van der Waals surface area contributed by atoms with Gasteiger partial charge >= 0.3 is 0 Å². The van der Waals surface area contributed by atoms with Gasteiger partial charge < -0.3 is 19.6 Å². The van der Waals surface area contributed by atoms with Crippen molar-refractivity contribution in [2.24, 2.45) is 0 Å². The van der Waals surface area contributed by atoms with E-state index in [2.05, 4.69) is 34.7 Å². The van der Waals surface area contributed by atoms with E-state index in [1.165, 1.54) is 6.07 Å². The summed E-state index contributed by atoms with van der Waals surface area (Å²) >= 11 is 0. The Morgan fingerprint density at radius 3 is 2.45 bits per heavy atom. The van der Waals surface area contributed by atoms with Gasteiger partial charge in [0.05, 0.1) is 5.69 Å². The van der Waals surface area contributed by atoms with Gasteiger partial charge in [0.2, 0.25) is 0 Å². The number of carbonyl (C=O) groups excluding carboxylic acids is 1. The number of hydrogen-bond donors (Lipinski definition) is 0. The van der Waals surface area contributed by atoms with Crippen LogP contribution >= 0.6 is 0 Å². The van der Waals surface area contributed by atoms with Gasteiger partial charge in [0.15, 0.2) is 0 Å². The topological polar surface area (TPSA) is 30.0 Å². The molecule has 29 heavy (non-hydrogen) atoms. The maximum atomic E-state index is 14.9. The highest BCUT2D eigenvalue weighted by Gasteiger charge is 2.25. The summed E-state index contributed by atoms with van der Waals surface area (Å²) in [6.07, 6.45) is 0. The van der Waals surface area contributed by atoms with Crippen LogP contribution in [0.5, 0.6) is 0 Å². The molecule has 1 fully saturated rings. The number of fused-ring (bicyclic) bond motifs is 1. The minimum atomic E-state index is -0.318. The van der Waals surface area contributed by atoms with Gasteiger partial charge in [-0.05, 0) is 43.4 Å². The molecule has 6 heteroatoms. The van der Waals surface area contributed by atoms with Gasteiger partial charge in [-0.15, -0.1) is 0 Å². The zero-order chi connectivity index (χ0) is 20.4.